The SMILES string of the molecule is O=[N+]([O-])c1ccc(N2CCCCC2CO)nc1. The zero-order valence-electron chi connectivity index (χ0n) is 9.45. The van der Waals surface area contributed by atoms with Crippen LogP contribution in [-0.2, 0) is 0 Å². The van der Waals surface area contributed by atoms with Gasteiger partial charge in [0.15, 0.2) is 0 Å². The lowest BCUT2D eigenvalue weighted by Gasteiger charge is -2.35. The Bertz CT molecular complexity index is 393. The summed E-state index contributed by atoms with van der Waals surface area (Å²) >= 11 is 0. The van der Waals surface area contributed by atoms with E-state index in [9.17, 15) is 15.2 Å². The average molecular weight is 237 g/mol. The van der Waals surface area contributed by atoms with E-state index >= 15 is 0 Å². The van der Waals surface area contributed by atoms with Crippen LogP contribution in [0, 0.1) is 10.1 Å². The number of nitrogens with zero attached hydrogens (tertiary/aromatic N) is 3. The summed E-state index contributed by atoms with van der Waals surface area (Å²) in [6.07, 6.45) is 4.37. The second kappa shape index (κ2) is 5.09. The maximum atomic E-state index is 10.5. The van der Waals surface area contributed by atoms with Gasteiger partial charge in [-0.1, -0.05) is 0 Å². The van der Waals surface area contributed by atoms with Crippen LogP contribution in [0.1, 0.15) is 19.3 Å². The standard InChI is InChI=1S/C11H15N3O3/c15-8-10-3-1-2-6-13(10)11-5-4-9(7-12-11)14(16)17/h4-5,7,10,15H,1-3,6,8H2. The fraction of sp³-hybridized carbons (Fsp3) is 0.545. The van der Waals surface area contributed by atoms with Crippen molar-refractivity contribution in [3.05, 3.63) is 28.4 Å². The summed E-state index contributed by atoms with van der Waals surface area (Å²) in [5, 5.41) is 19.8. The van der Waals surface area contributed by atoms with Crippen molar-refractivity contribution >= 4 is 11.5 Å². The zero-order valence-corrected chi connectivity index (χ0v) is 9.45. The van der Waals surface area contributed by atoms with Gasteiger partial charge in [0.25, 0.3) is 5.69 Å². The number of anilines is 1. The Balaban J connectivity index is 2.17. The predicted octanol–water partition coefficient (Wildman–Crippen LogP) is 1.34. The van der Waals surface area contributed by atoms with Crippen molar-refractivity contribution in [2.75, 3.05) is 18.1 Å². The first kappa shape index (κ1) is 11.8. The van der Waals surface area contributed by atoms with E-state index in [0.29, 0.717) is 5.82 Å². The number of piperidine rings is 1. The first-order chi connectivity index (χ1) is 8.22. The molecular formula is C11H15N3O3. The van der Waals surface area contributed by atoms with Gasteiger partial charge in [-0.05, 0) is 25.3 Å². The number of aliphatic hydroxyl groups is 1. The Labute approximate surface area is 99.0 Å². The summed E-state index contributed by atoms with van der Waals surface area (Å²) in [5.74, 6) is 0.703. The summed E-state index contributed by atoms with van der Waals surface area (Å²) in [4.78, 5) is 16.2. The molecule has 1 atom stereocenters. The molecule has 2 heterocycles. The lowest BCUT2D eigenvalue weighted by molar-refractivity contribution is -0.385. The van der Waals surface area contributed by atoms with Crippen LogP contribution in [0.2, 0.25) is 0 Å². The van der Waals surface area contributed by atoms with Gasteiger partial charge in [0.05, 0.1) is 17.6 Å². The van der Waals surface area contributed by atoms with Gasteiger partial charge < -0.3 is 10.0 Å². The van der Waals surface area contributed by atoms with E-state index in [-0.39, 0.29) is 18.3 Å². The second-order valence-electron chi connectivity index (χ2n) is 4.16. The van der Waals surface area contributed by atoms with Crippen LogP contribution < -0.4 is 4.90 Å². The molecule has 1 aromatic rings. The van der Waals surface area contributed by atoms with E-state index in [2.05, 4.69) is 4.98 Å². The van der Waals surface area contributed by atoms with Crippen LogP contribution in [0.15, 0.2) is 18.3 Å². The summed E-state index contributed by atoms with van der Waals surface area (Å²) < 4.78 is 0. The normalized spacial score (nSPS) is 20.3. The third-order valence-electron chi connectivity index (χ3n) is 3.08. The lowest BCUT2D eigenvalue weighted by atomic mass is 10.0. The molecule has 92 valence electrons. The zero-order chi connectivity index (χ0) is 12.3. The first-order valence-electron chi connectivity index (χ1n) is 5.70. The van der Waals surface area contributed by atoms with Crippen molar-refractivity contribution in [3.8, 4) is 0 Å². The number of aliphatic hydroxyl groups excluding tert-OH is 1. The molecule has 6 nitrogen and oxygen atoms in total. The summed E-state index contributed by atoms with van der Waals surface area (Å²) in [6, 6.07) is 3.18. The lowest BCUT2D eigenvalue weighted by Crippen LogP contribution is -2.42. The summed E-state index contributed by atoms with van der Waals surface area (Å²) in [6.45, 7) is 0.939. The topological polar surface area (TPSA) is 79.5 Å². The molecular weight excluding hydrogens is 222 g/mol. The molecule has 0 aromatic carbocycles. The highest BCUT2D eigenvalue weighted by Gasteiger charge is 2.23. The molecule has 1 fully saturated rings. The minimum absolute atomic E-state index is 0.00805. The van der Waals surface area contributed by atoms with Crippen LogP contribution in [0.25, 0.3) is 0 Å². The molecule has 1 N–H and O–H groups in total. The van der Waals surface area contributed by atoms with E-state index in [1.165, 1.54) is 12.3 Å². The molecule has 0 spiro atoms. The van der Waals surface area contributed by atoms with Crippen molar-refractivity contribution < 1.29 is 10.0 Å². The minimum Gasteiger partial charge on any atom is -0.394 e. The van der Waals surface area contributed by atoms with E-state index in [1.54, 1.807) is 6.07 Å². The maximum absolute atomic E-state index is 10.5. The van der Waals surface area contributed by atoms with Crippen LogP contribution in [0.5, 0.6) is 0 Å². The molecule has 1 aromatic heterocycles. The van der Waals surface area contributed by atoms with Gasteiger partial charge in [-0.25, -0.2) is 4.98 Å². The number of hydrogen-bond acceptors (Lipinski definition) is 5. The van der Waals surface area contributed by atoms with Crippen molar-refractivity contribution in [2.24, 2.45) is 0 Å². The van der Waals surface area contributed by atoms with Crippen molar-refractivity contribution in [1.82, 2.24) is 4.98 Å². The Hall–Kier alpha value is -1.69. The Morgan fingerprint density at radius 2 is 2.35 bits per heavy atom. The number of rotatable bonds is 3. The van der Waals surface area contributed by atoms with E-state index in [1.807, 2.05) is 4.90 Å². The maximum Gasteiger partial charge on any atom is 0.287 e. The average Bonchev–Trinajstić information content (AvgIpc) is 2.39. The third kappa shape index (κ3) is 2.52. The van der Waals surface area contributed by atoms with Gasteiger partial charge in [0.2, 0.25) is 0 Å². The van der Waals surface area contributed by atoms with Crippen molar-refractivity contribution in [1.29, 1.82) is 0 Å². The highest BCUT2D eigenvalue weighted by atomic mass is 16.6. The fourth-order valence-electron chi connectivity index (χ4n) is 2.15. The van der Waals surface area contributed by atoms with Crippen LogP contribution in [0.3, 0.4) is 0 Å². The molecule has 0 saturated carbocycles. The van der Waals surface area contributed by atoms with Gasteiger partial charge >= 0.3 is 0 Å². The molecule has 1 aliphatic heterocycles. The van der Waals surface area contributed by atoms with E-state index in [0.717, 1.165) is 25.8 Å². The van der Waals surface area contributed by atoms with Crippen LogP contribution in [-0.4, -0.2) is 34.2 Å². The second-order valence-corrected chi connectivity index (χ2v) is 4.16. The van der Waals surface area contributed by atoms with Crippen molar-refractivity contribution in [3.63, 3.8) is 0 Å². The van der Waals surface area contributed by atoms with Gasteiger partial charge in [0, 0.05) is 12.6 Å². The van der Waals surface area contributed by atoms with Crippen LogP contribution >= 0.6 is 0 Å². The largest absolute Gasteiger partial charge is 0.394 e. The molecule has 1 saturated heterocycles. The highest BCUT2D eigenvalue weighted by molar-refractivity contribution is 5.44. The van der Waals surface area contributed by atoms with Gasteiger partial charge in [-0.2, -0.15) is 0 Å². The summed E-state index contributed by atoms with van der Waals surface area (Å²) in [5.41, 5.74) is -0.00805. The highest BCUT2D eigenvalue weighted by Crippen LogP contribution is 2.24. The molecule has 0 bridgehead atoms. The third-order valence-corrected chi connectivity index (χ3v) is 3.08. The monoisotopic (exact) mass is 237 g/mol. The smallest absolute Gasteiger partial charge is 0.287 e. The minimum atomic E-state index is -0.462. The van der Waals surface area contributed by atoms with Gasteiger partial charge in [-0.15, -0.1) is 0 Å². The number of nitro groups is 1. The van der Waals surface area contributed by atoms with E-state index < -0.39 is 4.92 Å². The molecule has 17 heavy (non-hydrogen) atoms. The Morgan fingerprint density at radius 3 is 2.94 bits per heavy atom. The fourth-order valence-corrected chi connectivity index (χ4v) is 2.15. The Kier molecular flexibility index (Phi) is 3.53. The molecule has 1 unspecified atom stereocenters. The molecule has 6 heteroatoms. The van der Waals surface area contributed by atoms with Gasteiger partial charge in [0.1, 0.15) is 12.0 Å². The van der Waals surface area contributed by atoms with Crippen LogP contribution in [0.4, 0.5) is 11.5 Å². The van der Waals surface area contributed by atoms with Gasteiger partial charge in [-0.3, -0.25) is 10.1 Å². The predicted molar refractivity (Wildman–Crippen MR) is 63.0 cm³/mol. The van der Waals surface area contributed by atoms with Crippen molar-refractivity contribution in [2.45, 2.75) is 25.3 Å². The number of aromatic nitrogens is 1. The van der Waals surface area contributed by atoms with E-state index in [4.69, 9.17) is 0 Å². The Morgan fingerprint density at radius 1 is 1.53 bits per heavy atom. The molecule has 1 aliphatic rings. The quantitative estimate of drug-likeness (QED) is 0.634. The molecule has 2 rings (SSSR count). The molecule has 0 amide bonds. The number of pyridine rings is 1. The molecule has 0 aliphatic carbocycles. The summed E-state index contributed by atoms with van der Waals surface area (Å²) in [7, 11) is 0. The first-order valence-corrected chi connectivity index (χ1v) is 5.70. The number of hydrogen-bond donors (Lipinski definition) is 1. The molecule has 0 radical (unpaired) electrons.